The van der Waals surface area contributed by atoms with Crippen LogP contribution >= 0.6 is 11.6 Å². The van der Waals surface area contributed by atoms with Crippen LogP contribution in [-0.4, -0.2) is 12.6 Å². The molecule has 0 radical (unpaired) electrons. The van der Waals surface area contributed by atoms with Gasteiger partial charge in [-0.1, -0.05) is 54.1 Å². The average Bonchev–Trinajstić information content (AvgIpc) is 2.68. The number of benzene rings is 2. The molecule has 2 aromatic carbocycles. The molecule has 0 saturated carbocycles. The molecule has 0 spiro atoms. The van der Waals surface area contributed by atoms with Gasteiger partial charge >= 0.3 is 5.97 Å². The molecule has 28 heavy (non-hydrogen) atoms. The van der Waals surface area contributed by atoms with Crippen molar-refractivity contribution in [1.29, 1.82) is 5.26 Å². The highest BCUT2D eigenvalue weighted by Gasteiger charge is 2.36. The van der Waals surface area contributed by atoms with E-state index in [1.807, 2.05) is 48.5 Å². The van der Waals surface area contributed by atoms with Gasteiger partial charge in [0, 0.05) is 10.6 Å². The highest BCUT2D eigenvalue weighted by Crippen LogP contribution is 2.40. The Balaban J connectivity index is 2.07. The lowest BCUT2D eigenvalue weighted by Gasteiger charge is -2.27. The first kappa shape index (κ1) is 19.5. The van der Waals surface area contributed by atoms with Crippen molar-refractivity contribution in [2.45, 2.75) is 19.8 Å². The highest BCUT2D eigenvalue weighted by molar-refractivity contribution is 6.33. The van der Waals surface area contributed by atoms with E-state index in [0.29, 0.717) is 10.8 Å². The molecule has 0 fully saturated rings. The van der Waals surface area contributed by atoms with Crippen LogP contribution in [0.3, 0.4) is 0 Å². The van der Waals surface area contributed by atoms with E-state index in [-0.39, 0.29) is 23.6 Å². The Labute approximate surface area is 168 Å². The lowest BCUT2D eigenvalue weighted by Crippen LogP contribution is -2.25. The van der Waals surface area contributed by atoms with Gasteiger partial charge in [-0.25, -0.2) is 4.79 Å². The third-order valence-corrected chi connectivity index (χ3v) is 4.86. The van der Waals surface area contributed by atoms with Crippen molar-refractivity contribution < 1.29 is 14.3 Å². The maximum Gasteiger partial charge on any atom is 0.338 e. The van der Waals surface area contributed by atoms with Gasteiger partial charge < -0.3 is 15.2 Å². The number of carbonyl (C=O) groups excluding carboxylic acids is 1. The minimum absolute atomic E-state index is 0.00627. The largest absolute Gasteiger partial charge is 0.463 e. The summed E-state index contributed by atoms with van der Waals surface area (Å²) in [6.45, 7) is 3.58. The van der Waals surface area contributed by atoms with Crippen LogP contribution in [0.4, 0.5) is 0 Å². The molecule has 0 bridgehead atoms. The number of nitrogens with two attached hydrogens (primary N) is 1. The van der Waals surface area contributed by atoms with Crippen LogP contribution in [0, 0.1) is 11.3 Å². The molecule has 1 unspecified atom stereocenters. The number of esters is 1. The average molecular weight is 395 g/mol. The third-order valence-electron chi connectivity index (χ3n) is 4.53. The molecule has 0 saturated heterocycles. The smallest absolute Gasteiger partial charge is 0.338 e. The standard InChI is InChI=1S/C22H19ClN2O3/c1-3-27-22(26)19-13(2)28-21(25)17(12-24)20(19)15-10-8-14(9-11-15)16-6-4-5-7-18(16)23/h4-11,20H,3,25H2,1-2H3. The number of halogens is 1. The molecule has 1 aliphatic rings. The molecule has 6 heteroatoms. The van der Waals surface area contributed by atoms with E-state index in [2.05, 4.69) is 6.07 Å². The molecule has 0 aliphatic carbocycles. The van der Waals surface area contributed by atoms with Gasteiger partial charge in [0.2, 0.25) is 5.88 Å². The van der Waals surface area contributed by atoms with Gasteiger partial charge in [-0.05, 0) is 31.0 Å². The van der Waals surface area contributed by atoms with Gasteiger partial charge in [0.1, 0.15) is 17.4 Å². The van der Waals surface area contributed by atoms with E-state index in [1.165, 1.54) is 0 Å². The predicted octanol–water partition coefficient (Wildman–Crippen LogP) is 4.65. The zero-order valence-corrected chi connectivity index (χ0v) is 16.3. The molecule has 3 rings (SSSR count). The lowest BCUT2D eigenvalue weighted by molar-refractivity contribution is -0.139. The third kappa shape index (κ3) is 3.60. The number of nitrogens with zero attached hydrogens (tertiary/aromatic N) is 1. The Kier molecular flexibility index (Phi) is 5.72. The highest BCUT2D eigenvalue weighted by atomic mass is 35.5. The summed E-state index contributed by atoms with van der Waals surface area (Å²) in [7, 11) is 0. The van der Waals surface area contributed by atoms with Crippen molar-refractivity contribution in [2.24, 2.45) is 5.73 Å². The monoisotopic (exact) mass is 394 g/mol. The molecule has 0 amide bonds. The van der Waals surface area contributed by atoms with E-state index >= 15 is 0 Å². The van der Waals surface area contributed by atoms with Crippen molar-refractivity contribution >= 4 is 17.6 Å². The van der Waals surface area contributed by atoms with Crippen molar-refractivity contribution in [3.63, 3.8) is 0 Å². The Morgan fingerprint density at radius 3 is 2.54 bits per heavy atom. The molecule has 1 atom stereocenters. The Morgan fingerprint density at radius 2 is 1.93 bits per heavy atom. The Hall–Kier alpha value is -3.23. The maximum absolute atomic E-state index is 12.5. The van der Waals surface area contributed by atoms with Gasteiger partial charge in [0.15, 0.2) is 0 Å². The minimum atomic E-state index is -0.655. The first-order chi connectivity index (χ1) is 13.5. The number of hydrogen-bond acceptors (Lipinski definition) is 5. The van der Waals surface area contributed by atoms with Gasteiger partial charge in [0.25, 0.3) is 0 Å². The topological polar surface area (TPSA) is 85.3 Å². The molecule has 5 nitrogen and oxygen atoms in total. The van der Waals surface area contributed by atoms with E-state index in [0.717, 1.165) is 16.7 Å². The number of nitriles is 1. The van der Waals surface area contributed by atoms with Gasteiger partial charge in [-0.15, -0.1) is 0 Å². The van der Waals surface area contributed by atoms with E-state index in [1.54, 1.807) is 13.8 Å². The quantitative estimate of drug-likeness (QED) is 0.762. The molecule has 2 N–H and O–H groups in total. The summed E-state index contributed by atoms with van der Waals surface area (Å²) >= 11 is 6.28. The van der Waals surface area contributed by atoms with Gasteiger partial charge in [-0.2, -0.15) is 5.26 Å². The SMILES string of the molecule is CCOC(=O)C1=C(C)OC(N)=C(C#N)C1c1ccc(-c2ccccc2Cl)cc1. The molecular formula is C22H19ClN2O3. The lowest BCUT2D eigenvalue weighted by atomic mass is 9.82. The van der Waals surface area contributed by atoms with Crippen molar-refractivity contribution in [3.8, 4) is 17.2 Å². The summed E-state index contributed by atoms with van der Waals surface area (Å²) in [5.74, 6) is -0.859. The molecule has 0 aromatic heterocycles. The van der Waals surface area contributed by atoms with Crippen LogP contribution in [0.15, 0.2) is 71.3 Å². The van der Waals surface area contributed by atoms with Crippen molar-refractivity contribution in [3.05, 3.63) is 81.9 Å². The summed E-state index contributed by atoms with van der Waals surface area (Å²) in [5.41, 5.74) is 8.93. The number of allylic oxidation sites excluding steroid dienone is 2. The van der Waals surface area contributed by atoms with Crippen molar-refractivity contribution in [1.82, 2.24) is 0 Å². The first-order valence-electron chi connectivity index (χ1n) is 8.78. The van der Waals surface area contributed by atoms with Crippen LogP contribution in [0.5, 0.6) is 0 Å². The van der Waals surface area contributed by atoms with Crippen LogP contribution in [-0.2, 0) is 14.3 Å². The Morgan fingerprint density at radius 1 is 1.25 bits per heavy atom. The van der Waals surface area contributed by atoms with Crippen molar-refractivity contribution in [2.75, 3.05) is 6.61 Å². The van der Waals surface area contributed by atoms with Crippen LogP contribution < -0.4 is 5.73 Å². The first-order valence-corrected chi connectivity index (χ1v) is 9.16. The van der Waals surface area contributed by atoms with Crippen LogP contribution in [0.1, 0.15) is 25.3 Å². The fourth-order valence-electron chi connectivity index (χ4n) is 3.24. The fourth-order valence-corrected chi connectivity index (χ4v) is 3.48. The zero-order valence-electron chi connectivity index (χ0n) is 15.5. The second-order valence-electron chi connectivity index (χ2n) is 6.22. The van der Waals surface area contributed by atoms with Crippen LogP contribution in [0.25, 0.3) is 11.1 Å². The molecule has 142 valence electrons. The van der Waals surface area contributed by atoms with Gasteiger partial charge in [-0.3, -0.25) is 0 Å². The zero-order chi connectivity index (χ0) is 20.3. The summed E-state index contributed by atoms with van der Waals surface area (Å²) < 4.78 is 10.6. The number of carbonyl (C=O) groups is 1. The second-order valence-corrected chi connectivity index (χ2v) is 6.62. The summed E-state index contributed by atoms with van der Waals surface area (Å²) in [6.07, 6.45) is 0. The molecule has 2 aromatic rings. The van der Waals surface area contributed by atoms with Crippen LogP contribution in [0.2, 0.25) is 5.02 Å². The minimum Gasteiger partial charge on any atom is -0.463 e. The summed E-state index contributed by atoms with van der Waals surface area (Å²) in [4.78, 5) is 12.5. The number of hydrogen-bond donors (Lipinski definition) is 1. The summed E-state index contributed by atoms with van der Waals surface area (Å²) in [6, 6.07) is 17.1. The second kappa shape index (κ2) is 8.20. The van der Waals surface area contributed by atoms with E-state index < -0.39 is 11.9 Å². The summed E-state index contributed by atoms with van der Waals surface area (Å²) in [5, 5.41) is 10.3. The number of ether oxygens (including phenoxy) is 2. The Bertz CT molecular complexity index is 1020. The molecule has 1 aliphatic heterocycles. The maximum atomic E-state index is 12.5. The molecular weight excluding hydrogens is 376 g/mol. The fraction of sp³-hybridized carbons (Fsp3) is 0.182. The number of rotatable bonds is 4. The normalized spacial score (nSPS) is 16.4. The predicted molar refractivity (Wildman–Crippen MR) is 107 cm³/mol. The molecule has 1 heterocycles. The van der Waals surface area contributed by atoms with E-state index in [9.17, 15) is 10.1 Å². The van der Waals surface area contributed by atoms with Gasteiger partial charge in [0.05, 0.1) is 18.1 Å². The van der Waals surface area contributed by atoms with E-state index in [4.69, 9.17) is 26.8 Å².